The fourth-order valence-corrected chi connectivity index (χ4v) is 0.796. The number of benzene rings is 1. The molecule has 0 aliphatic heterocycles. The molecule has 0 saturated heterocycles. The molecule has 0 aliphatic carbocycles. The summed E-state index contributed by atoms with van der Waals surface area (Å²) in [7, 11) is 1.36. The van der Waals surface area contributed by atoms with Crippen LogP contribution in [0.25, 0.3) is 0 Å². The number of hydrogen-bond acceptors (Lipinski definition) is 2. The van der Waals surface area contributed by atoms with Crippen LogP contribution in [0.4, 0.5) is 4.39 Å². The first-order valence-corrected chi connectivity index (χ1v) is 3.20. The number of halogens is 1. The first kappa shape index (κ1) is 8.17. The fraction of sp³-hybridized carbons (Fsp3) is 0.250. The molecule has 1 unspecified atom stereocenters. The van der Waals surface area contributed by atoms with Crippen LogP contribution >= 0.6 is 0 Å². The molecule has 1 aromatic carbocycles. The van der Waals surface area contributed by atoms with Gasteiger partial charge in [-0.15, -0.1) is 0 Å². The minimum Gasteiger partial charge on any atom is -0.364 e. The Bertz CT molecular complexity index is 237. The monoisotopic (exact) mass is 156 g/mol. The summed E-state index contributed by atoms with van der Waals surface area (Å²) in [6, 6.07) is 5.66. The lowest BCUT2D eigenvalue weighted by molar-refractivity contribution is -0.0771. The van der Waals surface area contributed by atoms with Crippen LogP contribution in [0.1, 0.15) is 11.9 Å². The van der Waals surface area contributed by atoms with Gasteiger partial charge >= 0.3 is 0 Å². The van der Waals surface area contributed by atoms with E-state index in [1.54, 1.807) is 6.07 Å². The summed E-state index contributed by atoms with van der Waals surface area (Å²) in [4.78, 5) is 0. The van der Waals surface area contributed by atoms with Crippen LogP contribution < -0.4 is 0 Å². The second-order valence-electron chi connectivity index (χ2n) is 2.14. The number of aliphatic hydroxyl groups is 1. The molecule has 0 aromatic heterocycles. The number of rotatable bonds is 2. The lowest BCUT2D eigenvalue weighted by atomic mass is 10.2. The fourth-order valence-electron chi connectivity index (χ4n) is 0.796. The quantitative estimate of drug-likeness (QED) is 0.657. The van der Waals surface area contributed by atoms with Crippen molar-refractivity contribution in [3.63, 3.8) is 0 Å². The summed E-state index contributed by atoms with van der Waals surface area (Å²) in [6.07, 6.45) is -1.04. The Balaban J connectivity index is 2.86. The smallest absolute Gasteiger partial charge is 0.180 e. The van der Waals surface area contributed by atoms with Crippen molar-refractivity contribution in [2.24, 2.45) is 0 Å². The second-order valence-corrected chi connectivity index (χ2v) is 2.14. The van der Waals surface area contributed by atoms with Crippen molar-refractivity contribution < 1.29 is 14.2 Å². The maximum Gasteiger partial charge on any atom is 0.180 e. The molecule has 1 atom stereocenters. The molecule has 0 aliphatic rings. The predicted molar refractivity (Wildman–Crippen MR) is 38.4 cm³/mol. The lowest BCUT2D eigenvalue weighted by Crippen LogP contribution is -1.99. The Morgan fingerprint density at radius 3 is 2.82 bits per heavy atom. The SMILES string of the molecule is COC(O)c1cccc(F)c1. The standard InChI is InChI=1S/C8H9FO2/c1-11-8(10)6-3-2-4-7(9)5-6/h2-5,8,10H,1H3. The maximum atomic E-state index is 12.5. The Morgan fingerprint density at radius 1 is 1.55 bits per heavy atom. The van der Waals surface area contributed by atoms with Gasteiger partial charge in [-0.2, -0.15) is 0 Å². The van der Waals surface area contributed by atoms with Gasteiger partial charge in [0, 0.05) is 12.7 Å². The summed E-state index contributed by atoms with van der Waals surface area (Å²) < 4.78 is 17.1. The topological polar surface area (TPSA) is 29.5 Å². The minimum atomic E-state index is -1.04. The van der Waals surface area contributed by atoms with E-state index in [0.717, 1.165) is 0 Å². The molecule has 2 nitrogen and oxygen atoms in total. The van der Waals surface area contributed by atoms with Crippen molar-refractivity contribution >= 4 is 0 Å². The van der Waals surface area contributed by atoms with E-state index in [9.17, 15) is 4.39 Å². The van der Waals surface area contributed by atoms with Crippen LogP contribution in [-0.4, -0.2) is 12.2 Å². The summed E-state index contributed by atoms with van der Waals surface area (Å²) in [6.45, 7) is 0. The van der Waals surface area contributed by atoms with Crippen LogP contribution in [0, 0.1) is 5.82 Å². The van der Waals surface area contributed by atoms with Crippen LogP contribution in [0.15, 0.2) is 24.3 Å². The zero-order chi connectivity index (χ0) is 8.27. The zero-order valence-electron chi connectivity index (χ0n) is 6.12. The van der Waals surface area contributed by atoms with Crippen molar-refractivity contribution in [1.82, 2.24) is 0 Å². The number of ether oxygens (including phenoxy) is 1. The van der Waals surface area contributed by atoms with Gasteiger partial charge < -0.3 is 9.84 Å². The second kappa shape index (κ2) is 3.46. The van der Waals surface area contributed by atoms with E-state index in [0.29, 0.717) is 5.56 Å². The molecule has 1 aromatic rings. The van der Waals surface area contributed by atoms with Crippen molar-refractivity contribution in [3.8, 4) is 0 Å². The predicted octanol–water partition coefficient (Wildman–Crippen LogP) is 1.46. The van der Waals surface area contributed by atoms with Gasteiger partial charge in [-0.25, -0.2) is 4.39 Å². The van der Waals surface area contributed by atoms with Crippen LogP contribution in [-0.2, 0) is 4.74 Å². The minimum absolute atomic E-state index is 0.376. The van der Waals surface area contributed by atoms with Crippen LogP contribution in [0.5, 0.6) is 0 Å². The molecule has 1 N–H and O–H groups in total. The van der Waals surface area contributed by atoms with Gasteiger partial charge in [0.05, 0.1) is 0 Å². The van der Waals surface area contributed by atoms with Gasteiger partial charge in [0.25, 0.3) is 0 Å². The number of methoxy groups -OCH3 is 1. The van der Waals surface area contributed by atoms with E-state index in [4.69, 9.17) is 5.11 Å². The van der Waals surface area contributed by atoms with E-state index in [1.807, 2.05) is 0 Å². The van der Waals surface area contributed by atoms with Crippen LogP contribution in [0.2, 0.25) is 0 Å². The summed E-state index contributed by atoms with van der Waals surface area (Å²) >= 11 is 0. The maximum absolute atomic E-state index is 12.5. The van der Waals surface area contributed by atoms with Gasteiger partial charge in [0.1, 0.15) is 5.82 Å². The molecule has 0 spiro atoms. The summed E-state index contributed by atoms with van der Waals surface area (Å²) in [5, 5.41) is 9.06. The summed E-state index contributed by atoms with van der Waals surface area (Å²) in [5.41, 5.74) is 0.424. The highest BCUT2D eigenvalue weighted by Crippen LogP contribution is 2.13. The largest absolute Gasteiger partial charge is 0.364 e. The van der Waals surface area contributed by atoms with Gasteiger partial charge in [-0.05, 0) is 12.1 Å². The highest BCUT2D eigenvalue weighted by atomic mass is 19.1. The molecule has 60 valence electrons. The third kappa shape index (κ3) is 2.00. The zero-order valence-corrected chi connectivity index (χ0v) is 6.12. The van der Waals surface area contributed by atoms with E-state index < -0.39 is 6.29 Å². The van der Waals surface area contributed by atoms with Gasteiger partial charge in [-0.1, -0.05) is 12.1 Å². The molecule has 0 fully saturated rings. The molecule has 0 saturated carbocycles. The number of aliphatic hydroxyl groups excluding tert-OH is 1. The van der Waals surface area contributed by atoms with Gasteiger partial charge in [0.15, 0.2) is 6.29 Å². The van der Waals surface area contributed by atoms with E-state index >= 15 is 0 Å². The van der Waals surface area contributed by atoms with Crippen LogP contribution in [0.3, 0.4) is 0 Å². The molecule has 0 radical (unpaired) electrons. The molecule has 1 rings (SSSR count). The van der Waals surface area contributed by atoms with Crippen molar-refractivity contribution in [3.05, 3.63) is 35.6 Å². The van der Waals surface area contributed by atoms with Crippen molar-refractivity contribution in [1.29, 1.82) is 0 Å². The third-order valence-corrected chi connectivity index (χ3v) is 1.36. The molecule has 0 amide bonds. The molecular formula is C8H9FO2. The highest BCUT2D eigenvalue weighted by molar-refractivity contribution is 5.17. The third-order valence-electron chi connectivity index (χ3n) is 1.36. The summed E-state index contributed by atoms with van der Waals surface area (Å²) in [5.74, 6) is -0.376. The normalized spacial score (nSPS) is 13.0. The number of hydrogen-bond donors (Lipinski definition) is 1. The van der Waals surface area contributed by atoms with Gasteiger partial charge in [0.2, 0.25) is 0 Å². The first-order valence-electron chi connectivity index (χ1n) is 3.20. The Morgan fingerprint density at radius 2 is 2.27 bits per heavy atom. The Kier molecular flexibility index (Phi) is 2.57. The lowest BCUT2D eigenvalue weighted by Gasteiger charge is -2.07. The Labute approximate surface area is 64.2 Å². The highest BCUT2D eigenvalue weighted by Gasteiger charge is 2.04. The molecule has 11 heavy (non-hydrogen) atoms. The van der Waals surface area contributed by atoms with Gasteiger partial charge in [-0.3, -0.25) is 0 Å². The first-order chi connectivity index (χ1) is 5.24. The average Bonchev–Trinajstić information content (AvgIpc) is 2.03. The Hall–Kier alpha value is -0.930. The molecular weight excluding hydrogens is 147 g/mol. The molecule has 0 bridgehead atoms. The van der Waals surface area contributed by atoms with E-state index in [1.165, 1.54) is 25.3 Å². The average molecular weight is 156 g/mol. The van der Waals surface area contributed by atoms with Crippen molar-refractivity contribution in [2.75, 3.05) is 7.11 Å². The molecule has 0 heterocycles. The van der Waals surface area contributed by atoms with Crippen molar-refractivity contribution in [2.45, 2.75) is 6.29 Å². The molecule has 3 heteroatoms. The van der Waals surface area contributed by atoms with E-state index in [-0.39, 0.29) is 5.82 Å². The van der Waals surface area contributed by atoms with E-state index in [2.05, 4.69) is 4.74 Å².